The first-order valence-corrected chi connectivity index (χ1v) is 7.87. The van der Waals surface area contributed by atoms with E-state index in [-0.39, 0.29) is 0 Å². The fourth-order valence-corrected chi connectivity index (χ4v) is 2.84. The third kappa shape index (κ3) is 5.31. The number of rotatable bonds is 7. The number of hydrogen-bond acceptors (Lipinski definition) is 2. The lowest BCUT2D eigenvalue weighted by atomic mass is 9.97. The van der Waals surface area contributed by atoms with E-state index < -0.39 is 0 Å². The molecule has 1 heterocycles. The molecular weight excluding hydrogens is 256 g/mol. The quantitative estimate of drug-likeness (QED) is 0.834. The molecule has 0 saturated carbocycles. The van der Waals surface area contributed by atoms with Crippen LogP contribution in [0.3, 0.4) is 0 Å². The number of aryl methyl sites for hydroxylation is 2. The molecule has 1 aromatic carbocycles. The lowest BCUT2D eigenvalue weighted by molar-refractivity contribution is 0.504. The molecule has 0 aliphatic rings. The monoisotopic (exact) mass is 282 g/mol. The number of benzene rings is 1. The summed E-state index contributed by atoms with van der Waals surface area (Å²) < 4.78 is 0. The van der Waals surface area contributed by atoms with Gasteiger partial charge in [0.25, 0.3) is 0 Å². The van der Waals surface area contributed by atoms with Gasteiger partial charge in [0.1, 0.15) is 0 Å². The fraction of sp³-hybridized carbons (Fsp3) is 0.421. The number of hydrogen-bond donors (Lipinski definition) is 1. The predicted octanol–water partition coefficient (Wildman–Crippen LogP) is 3.85. The Balaban J connectivity index is 2.08. The van der Waals surface area contributed by atoms with Crippen molar-refractivity contribution in [2.75, 3.05) is 6.54 Å². The van der Waals surface area contributed by atoms with E-state index in [1.165, 1.54) is 28.7 Å². The smallest absolute Gasteiger partial charge is 0.0270 e. The average Bonchev–Trinajstić information content (AvgIpc) is 2.45. The van der Waals surface area contributed by atoms with Crippen molar-refractivity contribution in [3.8, 4) is 0 Å². The van der Waals surface area contributed by atoms with Gasteiger partial charge in [0, 0.05) is 18.4 Å². The van der Waals surface area contributed by atoms with Crippen molar-refractivity contribution in [2.24, 2.45) is 0 Å². The first-order chi connectivity index (χ1) is 10.2. The van der Waals surface area contributed by atoms with Crippen molar-refractivity contribution in [3.05, 3.63) is 65.0 Å². The molecule has 2 nitrogen and oxygen atoms in total. The van der Waals surface area contributed by atoms with Gasteiger partial charge < -0.3 is 5.32 Å². The van der Waals surface area contributed by atoms with Crippen LogP contribution in [-0.2, 0) is 12.8 Å². The minimum Gasteiger partial charge on any atom is -0.313 e. The third-order valence-electron chi connectivity index (χ3n) is 3.68. The Morgan fingerprint density at radius 1 is 0.952 bits per heavy atom. The first kappa shape index (κ1) is 15.7. The molecule has 0 aliphatic carbocycles. The van der Waals surface area contributed by atoms with Gasteiger partial charge in [-0.3, -0.25) is 4.98 Å². The topological polar surface area (TPSA) is 24.9 Å². The Kier molecular flexibility index (Phi) is 5.94. The van der Waals surface area contributed by atoms with Crippen molar-refractivity contribution in [1.29, 1.82) is 0 Å². The van der Waals surface area contributed by atoms with Gasteiger partial charge in [-0.25, -0.2) is 0 Å². The maximum Gasteiger partial charge on any atom is 0.0270 e. The highest BCUT2D eigenvalue weighted by Gasteiger charge is 2.10. The zero-order valence-corrected chi connectivity index (χ0v) is 13.4. The van der Waals surface area contributed by atoms with Crippen LogP contribution in [0.4, 0.5) is 0 Å². The van der Waals surface area contributed by atoms with Crippen LogP contribution in [0, 0.1) is 13.8 Å². The summed E-state index contributed by atoms with van der Waals surface area (Å²) in [6.45, 7) is 7.63. The Hall–Kier alpha value is -1.67. The molecule has 0 bridgehead atoms. The van der Waals surface area contributed by atoms with Gasteiger partial charge in [-0.15, -0.1) is 0 Å². The van der Waals surface area contributed by atoms with Crippen molar-refractivity contribution in [2.45, 2.75) is 46.1 Å². The standard InChI is InChI=1S/C19H26N2/c1-4-7-21-19(13-17-5-8-20-9-6-17)14-18-11-15(2)10-16(3)12-18/h5-6,8-12,19,21H,4,7,13-14H2,1-3H3. The predicted molar refractivity (Wildman–Crippen MR) is 89.6 cm³/mol. The van der Waals surface area contributed by atoms with E-state index in [2.05, 4.69) is 61.4 Å². The van der Waals surface area contributed by atoms with Crippen molar-refractivity contribution < 1.29 is 0 Å². The van der Waals surface area contributed by atoms with Crippen LogP contribution in [0.15, 0.2) is 42.7 Å². The summed E-state index contributed by atoms with van der Waals surface area (Å²) in [6.07, 6.45) is 7.05. The molecule has 2 aromatic rings. The van der Waals surface area contributed by atoms with Crippen molar-refractivity contribution >= 4 is 0 Å². The molecule has 0 radical (unpaired) electrons. The molecule has 21 heavy (non-hydrogen) atoms. The fourth-order valence-electron chi connectivity index (χ4n) is 2.84. The molecule has 0 amide bonds. The Morgan fingerprint density at radius 2 is 1.57 bits per heavy atom. The van der Waals surface area contributed by atoms with Crippen LogP contribution in [0.2, 0.25) is 0 Å². The van der Waals surface area contributed by atoms with Crippen LogP contribution in [0.25, 0.3) is 0 Å². The largest absolute Gasteiger partial charge is 0.313 e. The van der Waals surface area contributed by atoms with Gasteiger partial charge >= 0.3 is 0 Å². The second kappa shape index (κ2) is 7.94. The minimum atomic E-state index is 0.480. The lowest BCUT2D eigenvalue weighted by Gasteiger charge is -2.19. The number of pyridine rings is 1. The summed E-state index contributed by atoms with van der Waals surface area (Å²) in [5.41, 5.74) is 5.48. The van der Waals surface area contributed by atoms with Gasteiger partial charge in [-0.2, -0.15) is 0 Å². The van der Waals surface area contributed by atoms with Gasteiger partial charge in [-0.1, -0.05) is 36.2 Å². The summed E-state index contributed by atoms with van der Waals surface area (Å²) in [5, 5.41) is 3.68. The molecule has 1 unspecified atom stereocenters. The molecule has 112 valence electrons. The number of nitrogens with zero attached hydrogens (tertiary/aromatic N) is 1. The average molecular weight is 282 g/mol. The zero-order valence-electron chi connectivity index (χ0n) is 13.4. The molecular formula is C19H26N2. The molecule has 1 aromatic heterocycles. The Morgan fingerprint density at radius 3 is 2.19 bits per heavy atom. The van der Waals surface area contributed by atoms with Crippen LogP contribution in [0.5, 0.6) is 0 Å². The lowest BCUT2D eigenvalue weighted by Crippen LogP contribution is -2.33. The van der Waals surface area contributed by atoms with Gasteiger partial charge in [0.15, 0.2) is 0 Å². The van der Waals surface area contributed by atoms with Crippen LogP contribution < -0.4 is 5.32 Å². The van der Waals surface area contributed by atoms with E-state index in [0.717, 1.165) is 19.4 Å². The molecule has 1 N–H and O–H groups in total. The summed E-state index contributed by atoms with van der Waals surface area (Å²) in [7, 11) is 0. The molecule has 1 atom stereocenters. The molecule has 0 fully saturated rings. The Labute approximate surface area is 128 Å². The van der Waals surface area contributed by atoms with E-state index in [0.29, 0.717) is 6.04 Å². The van der Waals surface area contributed by atoms with E-state index in [9.17, 15) is 0 Å². The van der Waals surface area contributed by atoms with E-state index in [1.54, 1.807) is 0 Å². The Bertz CT molecular complexity index is 528. The number of nitrogens with one attached hydrogen (secondary N) is 1. The van der Waals surface area contributed by atoms with E-state index in [1.807, 2.05) is 12.4 Å². The second-order valence-electron chi connectivity index (χ2n) is 5.91. The highest BCUT2D eigenvalue weighted by Crippen LogP contribution is 2.13. The van der Waals surface area contributed by atoms with Gasteiger partial charge in [0.2, 0.25) is 0 Å². The molecule has 2 heteroatoms. The summed E-state index contributed by atoms with van der Waals surface area (Å²) in [5.74, 6) is 0. The second-order valence-corrected chi connectivity index (χ2v) is 5.91. The first-order valence-electron chi connectivity index (χ1n) is 7.87. The van der Waals surface area contributed by atoms with Gasteiger partial charge in [0.05, 0.1) is 0 Å². The zero-order chi connectivity index (χ0) is 15.1. The SMILES string of the molecule is CCCNC(Cc1ccncc1)Cc1cc(C)cc(C)c1. The molecule has 2 rings (SSSR count). The summed E-state index contributed by atoms with van der Waals surface area (Å²) >= 11 is 0. The molecule has 0 aliphatic heterocycles. The van der Waals surface area contributed by atoms with Crippen LogP contribution in [0.1, 0.15) is 35.6 Å². The van der Waals surface area contributed by atoms with Gasteiger partial charge in [-0.05, 0) is 62.9 Å². The number of aromatic nitrogens is 1. The summed E-state index contributed by atoms with van der Waals surface area (Å²) in [4.78, 5) is 4.10. The minimum absolute atomic E-state index is 0.480. The van der Waals surface area contributed by atoms with Crippen molar-refractivity contribution in [3.63, 3.8) is 0 Å². The molecule has 0 saturated heterocycles. The third-order valence-corrected chi connectivity index (χ3v) is 3.68. The highest BCUT2D eigenvalue weighted by atomic mass is 14.9. The van der Waals surface area contributed by atoms with E-state index >= 15 is 0 Å². The van der Waals surface area contributed by atoms with E-state index in [4.69, 9.17) is 0 Å². The van der Waals surface area contributed by atoms with Crippen LogP contribution in [-0.4, -0.2) is 17.6 Å². The maximum atomic E-state index is 4.10. The van der Waals surface area contributed by atoms with Crippen molar-refractivity contribution in [1.82, 2.24) is 10.3 Å². The maximum absolute atomic E-state index is 4.10. The normalized spacial score (nSPS) is 12.3. The highest BCUT2D eigenvalue weighted by molar-refractivity contribution is 5.29. The molecule has 0 spiro atoms. The van der Waals surface area contributed by atoms with Crippen LogP contribution >= 0.6 is 0 Å². The summed E-state index contributed by atoms with van der Waals surface area (Å²) in [6, 6.07) is 11.6.